The van der Waals surface area contributed by atoms with Crippen LogP contribution in [-0.2, 0) is 10.8 Å². The van der Waals surface area contributed by atoms with Crippen LogP contribution in [0.3, 0.4) is 0 Å². The van der Waals surface area contributed by atoms with E-state index in [1.165, 1.54) is 82.5 Å². The van der Waals surface area contributed by atoms with Crippen molar-refractivity contribution in [3.63, 3.8) is 0 Å². The van der Waals surface area contributed by atoms with Gasteiger partial charge in [0.1, 0.15) is 11.5 Å². The molecular formula is C50H41BN2O2. The minimum Gasteiger partial charge on any atom is -0.508 e. The third-order valence-electron chi connectivity index (χ3n) is 12.4. The highest BCUT2D eigenvalue weighted by Crippen LogP contribution is 2.43. The molecule has 4 heterocycles. The molecule has 0 aliphatic carbocycles. The van der Waals surface area contributed by atoms with Gasteiger partial charge in [0.25, 0.3) is 6.71 Å². The second-order valence-electron chi connectivity index (χ2n) is 17.8. The topological polar surface area (TPSA) is 50.3 Å². The number of fused-ring (bicyclic) bond motifs is 10. The molecule has 0 bridgehead atoms. The summed E-state index contributed by atoms with van der Waals surface area (Å²) in [6.07, 6.45) is 0. The van der Waals surface area contributed by atoms with E-state index in [4.69, 9.17) is 0 Å². The molecule has 0 atom stereocenters. The molecule has 0 spiro atoms. The summed E-state index contributed by atoms with van der Waals surface area (Å²) in [5.74, 6) is 0.526. The van der Waals surface area contributed by atoms with Gasteiger partial charge in [0.2, 0.25) is 0 Å². The molecule has 2 aromatic heterocycles. The minimum atomic E-state index is -0.0180. The smallest absolute Gasteiger partial charge is 0.252 e. The van der Waals surface area contributed by atoms with Crippen LogP contribution >= 0.6 is 0 Å². The summed E-state index contributed by atoms with van der Waals surface area (Å²) >= 11 is 0. The minimum absolute atomic E-state index is 0.0140. The highest BCUT2D eigenvalue weighted by Gasteiger charge is 2.41. The van der Waals surface area contributed by atoms with Gasteiger partial charge in [-0.1, -0.05) is 102 Å². The lowest BCUT2D eigenvalue weighted by molar-refractivity contribution is 0.475. The van der Waals surface area contributed by atoms with E-state index in [1.807, 2.05) is 24.3 Å². The number of para-hydroxylation sites is 1. The highest BCUT2D eigenvalue weighted by atomic mass is 16.3. The van der Waals surface area contributed by atoms with Crippen molar-refractivity contribution in [2.24, 2.45) is 0 Å². The number of hydrogen-bond acceptors (Lipinski definition) is 2. The summed E-state index contributed by atoms with van der Waals surface area (Å²) < 4.78 is 5.06. The van der Waals surface area contributed by atoms with Crippen molar-refractivity contribution in [1.29, 1.82) is 0 Å². The number of aromatic nitrogens is 2. The van der Waals surface area contributed by atoms with Crippen LogP contribution < -0.4 is 16.4 Å². The van der Waals surface area contributed by atoms with E-state index in [9.17, 15) is 10.2 Å². The van der Waals surface area contributed by atoms with Crippen LogP contribution in [0.5, 0.6) is 11.5 Å². The van der Waals surface area contributed by atoms with Crippen molar-refractivity contribution in [1.82, 2.24) is 9.13 Å². The van der Waals surface area contributed by atoms with E-state index >= 15 is 0 Å². The third kappa shape index (κ3) is 4.47. The fraction of sp³-hybridized carbons (Fsp3) is 0.160. The molecule has 11 rings (SSSR count). The van der Waals surface area contributed by atoms with Gasteiger partial charge in [-0.2, -0.15) is 0 Å². The Morgan fingerprint density at radius 1 is 0.436 bits per heavy atom. The van der Waals surface area contributed by atoms with Crippen LogP contribution in [0.15, 0.2) is 127 Å². The molecule has 0 saturated heterocycles. The Kier molecular flexibility index (Phi) is 6.29. The van der Waals surface area contributed by atoms with Crippen molar-refractivity contribution >= 4 is 66.7 Å². The van der Waals surface area contributed by atoms with E-state index in [2.05, 4.69) is 130 Å². The van der Waals surface area contributed by atoms with Crippen LogP contribution in [-0.4, -0.2) is 26.1 Å². The first-order chi connectivity index (χ1) is 26.3. The summed E-state index contributed by atoms with van der Waals surface area (Å²) in [7, 11) is 0. The van der Waals surface area contributed by atoms with Gasteiger partial charge in [-0.15, -0.1) is 0 Å². The molecule has 0 unspecified atom stereocenters. The van der Waals surface area contributed by atoms with E-state index in [-0.39, 0.29) is 29.0 Å². The number of nitrogens with zero attached hydrogens (tertiary/aromatic N) is 2. The molecule has 2 N–H and O–H groups in total. The highest BCUT2D eigenvalue weighted by molar-refractivity contribution is 7.00. The normalized spacial score (nSPS) is 13.4. The van der Waals surface area contributed by atoms with Crippen molar-refractivity contribution < 1.29 is 10.2 Å². The zero-order valence-electron chi connectivity index (χ0n) is 32.0. The second-order valence-corrected chi connectivity index (χ2v) is 17.8. The number of rotatable bonds is 2. The Balaban J connectivity index is 1.34. The van der Waals surface area contributed by atoms with E-state index in [0.29, 0.717) is 0 Å². The maximum Gasteiger partial charge on any atom is 0.252 e. The van der Waals surface area contributed by atoms with Gasteiger partial charge in [0.15, 0.2) is 0 Å². The van der Waals surface area contributed by atoms with E-state index in [0.717, 1.165) is 22.3 Å². The van der Waals surface area contributed by atoms with Crippen LogP contribution in [0.4, 0.5) is 0 Å². The predicted octanol–water partition coefficient (Wildman–Crippen LogP) is 10.4. The van der Waals surface area contributed by atoms with Crippen molar-refractivity contribution in [2.45, 2.75) is 52.4 Å². The molecule has 4 nitrogen and oxygen atoms in total. The monoisotopic (exact) mass is 712 g/mol. The molecule has 9 aromatic rings. The summed E-state index contributed by atoms with van der Waals surface area (Å²) in [5.41, 5.74) is 18.2. The van der Waals surface area contributed by atoms with Gasteiger partial charge in [0.05, 0.1) is 11.0 Å². The average molecular weight is 713 g/mol. The lowest BCUT2D eigenvalue weighted by Crippen LogP contribution is -2.59. The summed E-state index contributed by atoms with van der Waals surface area (Å²) in [6, 6.07) is 45.8. The van der Waals surface area contributed by atoms with Gasteiger partial charge < -0.3 is 19.3 Å². The molecule has 2 aliphatic heterocycles. The second kappa shape index (κ2) is 10.7. The molecule has 0 amide bonds. The van der Waals surface area contributed by atoms with Crippen LogP contribution in [0.1, 0.15) is 52.7 Å². The first-order valence-electron chi connectivity index (χ1n) is 19.3. The first-order valence-corrected chi connectivity index (χ1v) is 19.3. The zero-order chi connectivity index (χ0) is 37.7. The van der Waals surface area contributed by atoms with Crippen molar-refractivity contribution in [3.8, 4) is 45.1 Å². The molecule has 55 heavy (non-hydrogen) atoms. The molecule has 2 aliphatic rings. The largest absolute Gasteiger partial charge is 0.508 e. The Labute approximate surface area is 321 Å². The van der Waals surface area contributed by atoms with Crippen molar-refractivity contribution in [3.05, 3.63) is 139 Å². The average Bonchev–Trinajstić information content (AvgIpc) is 3.68. The molecule has 0 fully saturated rings. The third-order valence-corrected chi connectivity index (χ3v) is 12.4. The number of hydrogen-bond donors (Lipinski definition) is 2. The Hall–Kier alpha value is -6.20. The molecule has 266 valence electrons. The maximum atomic E-state index is 10.3. The summed E-state index contributed by atoms with van der Waals surface area (Å²) in [6.45, 7) is 13.7. The number of aromatic hydroxyl groups is 2. The molecule has 0 radical (unpaired) electrons. The lowest BCUT2D eigenvalue weighted by Gasteiger charge is -2.34. The van der Waals surface area contributed by atoms with E-state index < -0.39 is 0 Å². The van der Waals surface area contributed by atoms with Crippen LogP contribution in [0.2, 0.25) is 0 Å². The number of phenolic OH excluding ortho intramolecular Hbond substituents is 2. The fourth-order valence-electron chi connectivity index (χ4n) is 9.57. The van der Waals surface area contributed by atoms with Crippen molar-refractivity contribution in [2.75, 3.05) is 0 Å². The quantitative estimate of drug-likeness (QED) is 0.175. The standard InChI is InChI=1S/C50H41BN2O2/c1-49(2,3)32-14-20-42-37(26-32)36-8-7-9-40-47(36)52(42)44-24-31(29-12-18-35(55)19-13-29)25-45-46(44)51(40)41-23-30(28-10-16-34(54)17-11-28)22-39-38-27-33(50(4,5)6)15-21-43(38)53(45)48(39)41/h7-27,54-55H,1-6H3. The molecular weight excluding hydrogens is 671 g/mol. The Morgan fingerprint density at radius 2 is 0.927 bits per heavy atom. The maximum absolute atomic E-state index is 10.3. The Morgan fingerprint density at radius 3 is 1.45 bits per heavy atom. The lowest BCUT2D eigenvalue weighted by atomic mass is 9.34. The number of phenols is 2. The molecule has 7 aromatic carbocycles. The van der Waals surface area contributed by atoms with E-state index in [1.54, 1.807) is 24.3 Å². The van der Waals surface area contributed by atoms with Gasteiger partial charge in [-0.3, -0.25) is 0 Å². The van der Waals surface area contributed by atoms with Gasteiger partial charge >= 0.3 is 0 Å². The number of benzene rings is 7. The summed E-state index contributed by atoms with van der Waals surface area (Å²) in [4.78, 5) is 0. The zero-order valence-corrected chi connectivity index (χ0v) is 32.0. The van der Waals surface area contributed by atoms with Gasteiger partial charge in [-0.25, -0.2) is 0 Å². The fourth-order valence-corrected chi connectivity index (χ4v) is 9.57. The van der Waals surface area contributed by atoms with Gasteiger partial charge in [0, 0.05) is 44.0 Å². The van der Waals surface area contributed by atoms with Crippen LogP contribution in [0, 0.1) is 0 Å². The SMILES string of the molecule is CC(C)(C)c1ccc2c(c1)c1cccc3c1n2-c1cc(-c2ccc(O)cc2)cc2c1B3c1cc(-c3ccc(O)cc3)cc3c4cc(C(C)(C)C)ccc4n-2c13. The molecule has 0 saturated carbocycles. The Bertz CT molecular complexity index is 3110. The predicted molar refractivity (Wildman–Crippen MR) is 231 cm³/mol. The van der Waals surface area contributed by atoms with Crippen LogP contribution in [0.25, 0.3) is 77.2 Å². The van der Waals surface area contributed by atoms with Gasteiger partial charge in [-0.05, 0) is 127 Å². The first kappa shape index (κ1) is 32.3. The molecule has 5 heteroatoms. The summed E-state index contributed by atoms with van der Waals surface area (Å²) in [5, 5.41) is 25.6.